The van der Waals surface area contributed by atoms with Crippen LogP contribution < -0.4 is 5.32 Å². The van der Waals surface area contributed by atoms with E-state index in [2.05, 4.69) is 30.1 Å². The summed E-state index contributed by atoms with van der Waals surface area (Å²) in [6.07, 6.45) is 1.80. The van der Waals surface area contributed by atoms with Gasteiger partial charge in [-0.2, -0.15) is 0 Å². The fraction of sp³-hybridized carbons (Fsp3) is 0.692. The zero-order chi connectivity index (χ0) is 11.5. The van der Waals surface area contributed by atoms with Gasteiger partial charge in [0.25, 0.3) is 0 Å². The Morgan fingerprint density at radius 1 is 1.38 bits per heavy atom. The van der Waals surface area contributed by atoms with Gasteiger partial charge < -0.3 is 9.73 Å². The molecule has 2 unspecified atom stereocenters. The second-order valence-electron chi connectivity index (χ2n) is 5.05. The maximum absolute atomic E-state index is 5.48. The fourth-order valence-corrected chi connectivity index (χ4v) is 2.44. The van der Waals surface area contributed by atoms with Crippen molar-refractivity contribution in [2.24, 2.45) is 11.8 Å². The van der Waals surface area contributed by atoms with Crippen molar-refractivity contribution in [1.29, 1.82) is 0 Å². The van der Waals surface area contributed by atoms with Crippen LogP contribution in [0.1, 0.15) is 25.2 Å². The van der Waals surface area contributed by atoms with Crippen molar-refractivity contribution >= 4 is 0 Å². The van der Waals surface area contributed by atoms with Gasteiger partial charge in [-0.1, -0.05) is 13.8 Å². The van der Waals surface area contributed by atoms with Gasteiger partial charge in [-0.15, -0.1) is 0 Å². The molecule has 0 bridgehead atoms. The molecule has 2 rings (SSSR count). The lowest BCUT2D eigenvalue weighted by Crippen LogP contribution is -2.21. The van der Waals surface area contributed by atoms with E-state index in [1.165, 1.54) is 18.7 Å². The lowest BCUT2D eigenvalue weighted by molar-refractivity contribution is 0.312. The number of furan rings is 1. The molecule has 0 radical (unpaired) electrons. The summed E-state index contributed by atoms with van der Waals surface area (Å²) in [5.74, 6) is 2.72. The van der Waals surface area contributed by atoms with Crippen molar-refractivity contribution < 1.29 is 4.42 Å². The van der Waals surface area contributed by atoms with E-state index in [1.807, 2.05) is 7.05 Å². The summed E-state index contributed by atoms with van der Waals surface area (Å²) < 4.78 is 5.48. The van der Waals surface area contributed by atoms with Crippen LogP contribution in [0.4, 0.5) is 0 Å². The number of hydrogen-bond donors (Lipinski definition) is 1. The third-order valence-electron chi connectivity index (χ3n) is 3.63. The highest BCUT2D eigenvalue weighted by atomic mass is 16.3. The Hall–Kier alpha value is -0.800. The largest absolute Gasteiger partial charge is 0.468 e. The highest BCUT2D eigenvalue weighted by molar-refractivity contribution is 5.17. The van der Waals surface area contributed by atoms with Crippen LogP contribution in [0.5, 0.6) is 0 Å². The summed E-state index contributed by atoms with van der Waals surface area (Å²) in [7, 11) is 1.95. The quantitative estimate of drug-likeness (QED) is 0.845. The monoisotopic (exact) mass is 222 g/mol. The van der Waals surface area contributed by atoms with Gasteiger partial charge in [-0.3, -0.25) is 4.90 Å². The molecule has 2 heterocycles. The van der Waals surface area contributed by atoms with Crippen LogP contribution in [0.3, 0.4) is 0 Å². The zero-order valence-electron chi connectivity index (χ0n) is 10.5. The van der Waals surface area contributed by atoms with E-state index in [1.54, 1.807) is 6.26 Å². The molecule has 1 saturated heterocycles. The molecule has 0 spiro atoms. The first-order valence-electron chi connectivity index (χ1n) is 6.13. The summed E-state index contributed by atoms with van der Waals surface area (Å²) in [5, 5.41) is 3.14. The van der Waals surface area contributed by atoms with E-state index >= 15 is 0 Å². The molecular weight excluding hydrogens is 200 g/mol. The van der Waals surface area contributed by atoms with Gasteiger partial charge in [0.15, 0.2) is 0 Å². The van der Waals surface area contributed by atoms with Crippen LogP contribution in [0, 0.1) is 11.8 Å². The molecule has 90 valence electrons. The highest BCUT2D eigenvalue weighted by Gasteiger charge is 2.26. The van der Waals surface area contributed by atoms with E-state index in [4.69, 9.17) is 4.42 Å². The maximum atomic E-state index is 5.48. The van der Waals surface area contributed by atoms with Crippen LogP contribution >= 0.6 is 0 Å². The third-order valence-corrected chi connectivity index (χ3v) is 3.63. The van der Waals surface area contributed by atoms with Gasteiger partial charge in [-0.05, 0) is 24.9 Å². The molecule has 3 heteroatoms. The smallest absolute Gasteiger partial charge is 0.122 e. The van der Waals surface area contributed by atoms with E-state index < -0.39 is 0 Å². The van der Waals surface area contributed by atoms with Gasteiger partial charge in [0.2, 0.25) is 0 Å². The molecule has 2 atom stereocenters. The molecule has 1 aliphatic rings. The third kappa shape index (κ3) is 2.47. The second kappa shape index (κ2) is 5.02. The van der Waals surface area contributed by atoms with Crippen molar-refractivity contribution in [3.8, 4) is 0 Å². The fourth-order valence-electron chi connectivity index (χ4n) is 2.44. The minimum absolute atomic E-state index is 0.819. The normalized spacial score (nSPS) is 26.4. The Balaban J connectivity index is 1.96. The molecule has 1 aliphatic heterocycles. The molecule has 1 aromatic heterocycles. The average Bonchev–Trinajstić information content (AvgIpc) is 2.77. The SMILES string of the molecule is CNCc1occc1CN1CC(C)C(C)C1. The predicted molar refractivity (Wildman–Crippen MR) is 65.1 cm³/mol. The van der Waals surface area contributed by atoms with Crippen molar-refractivity contribution in [2.75, 3.05) is 20.1 Å². The van der Waals surface area contributed by atoms with Crippen LogP contribution in [-0.2, 0) is 13.1 Å². The summed E-state index contributed by atoms with van der Waals surface area (Å²) in [6.45, 7) is 8.96. The highest BCUT2D eigenvalue weighted by Crippen LogP contribution is 2.24. The standard InChI is InChI=1S/C13H22N2O/c1-10-7-15(8-11(10)2)9-12-4-5-16-13(12)6-14-3/h4-5,10-11,14H,6-9H2,1-3H3. The Labute approximate surface area is 97.8 Å². The number of hydrogen-bond acceptors (Lipinski definition) is 3. The molecule has 1 N–H and O–H groups in total. The average molecular weight is 222 g/mol. The minimum atomic E-state index is 0.819. The lowest BCUT2D eigenvalue weighted by Gasteiger charge is -2.15. The summed E-state index contributed by atoms with van der Waals surface area (Å²) in [6, 6.07) is 2.10. The van der Waals surface area contributed by atoms with Crippen LogP contribution in [0.25, 0.3) is 0 Å². The molecule has 1 aromatic rings. The van der Waals surface area contributed by atoms with Crippen LogP contribution in [-0.4, -0.2) is 25.0 Å². The van der Waals surface area contributed by atoms with E-state index in [0.717, 1.165) is 30.7 Å². The Morgan fingerprint density at radius 2 is 2.06 bits per heavy atom. The number of rotatable bonds is 4. The Morgan fingerprint density at radius 3 is 2.69 bits per heavy atom. The molecule has 1 fully saturated rings. The minimum Gasteiger partial charge on any atom is -0.468 e. The lowest BCUT2D eigenvalue weighted by atomic mass is 10.0. The molecule has 0 amide bonds. The van der Waals surface area contributed by atoms with Crippen molar-refractivity contribution in [3.63, 3.8) is 0 Å². The first-order chi connectivity index (χ1) is 7.70. The first-order valence-corrected chi connectivity index (χ1v) is 6.13. The first kappa shape index (κ1) is 11.7. The second-order valence-corrected chi connectivity index (χ2v) is 5.05. The summed E-state index contributed by atoms with van der Waals surface area (Å²) in [5.41, 5.74) is 1.33. The maximum Gasteiger partial charge on any atom is 0.122 e. The van der Waals surface area contributed by atoms with E-state index in [-0.39, 0.29) is 0 Å². The van der Waals surface area contributed by atoms with Crippen molar-refractivity contribution in [3.05, 3.63) is 23.7 Å². The Bertz CT molecular complexity index is 324. The van der Waals surface area contributed by atoms with Gasteiger partial charge in [0.1, 0.15) is 5.76 Å². The molecule has 0 aromatic carbocycles. The van der Waals surface area contributed by atoms with Gasteiger partial charge in [0, 0.05) is 25.2 Å². The van der Waals surface area contributed by atoms with Gasteiger partial charge >= 0.3 is 0 Å². The number of nitrogens with one attached hydrogen (secondary N) is 1. The topological polar surface area (TPSA) is 28.4 Å². The molecule has 16 heavy (non-hydrogen) atoms. The van der Waals surface area contributed by atoms with Crippen molar-refractivity contribution in [1.82, 2.24) is 10.2 Å². The Kier molecular flexibility index (Phi) is 3.66. The zero-order valence-corrected chi connectivity index (χ0v) is 10.5. The van der Waals surface area contributed by atoms with E-state index in [0.29, 0.717) is 0 Å². The molecular formula is C13H22N2O. The van der Waals surface area contributed by atoms with Crippen LogP contribution in [0.15, 0.2) is 16.7 Å². The number of nitrogens with zero attached hydrogens (tertiary/aromatic N) is 1. The number of likely N-dealkylation sites (tertiary alicyclic amines) is 1. The van der Waals surface area contributed by atoms with E-state index in [9.17, 15) is 0 Å². The molecule has 0 saturated carbocycles. The summed E-state index contributed by atoms with van der Waals surface area (Å²) >= 11 is 0. The summed E-state index contributed by atoms with van der Waals surface area (Å²) in [4.78, 5) is 2.53. The van der Waals surface area contributed by atoms with Crippen molar-refractivity contribution in [2.45, 2.75) is 26.9 Å². The predicted octanol–water partition coefficient (Wildman–Crippen LogP) is 2.09. The molecule has 0 aliphatic carbocycles. The van der Waals surface area contributed by atoms with Gasteiger partial charge in [-0.25, -0.2) is 0 Å². The van der Waals surface area contributed by atoms with Gasteiger partial charge in [0.05, 0.1) is 12.8 Å². The van der Waals surface area contributed by atoms with Crippen LogP contribution in [0.2, 0.25) is 0 Å². The molecule has 3 nitrogen and oxygen atoms in total.